The molecule has 1 heterocycles. The van der Waals surface area contributed by atoms with Crippen LogP contribution in [0.1, 0.15) is 32.1 Å². The van der Waals surface area contributed by atoms with Crippen molar-refractivity contribution in [1.29, 1.82) is 0 Å². The first-order chi connectivity index (χ1) is 6.95. The van der Waals surface area contributed by atoms with E-state index in [1.54, 1.807) is 0 Å². The SMILES string of the molecule is C(=C\C1CCCCC1)/Cn1ccnc1. The molecule has 2 heteroatoms. The van der Waals surface area contributed by atoms with Crippen molar-refractivity contribution >= 4 is 0 Å². The molecule has 76 valence electrons. The van der Waals surface area contributed by atoms with Crippen LogP contribution in [-0.2, 0) is 6.54 Å². The Labute approximate surface area is 85.7 Å². The van der Waals surface area contributed by atoms with E-state index < -0.39 is 0 Å². The summed E-state index contributed by atoms with van der Waals surface area (Å²) in [5, 5.41) is 0. The molecule has 0 unspecified atom stereocenters. The van der Waals surface area contributed by atoms with E-state index in [9.17, 15) is 0 Å². The second-order valence-corrected chi connectivity index (χ2v) is 4.09. The second-order valence-electron chi connectivity index (χ2n) is 4.09. The summed E-state index contributed by atoms with van der Waals surface area (Å²) in [4.78, 5) is 4.02. The molecule has 1 aromatic rings. The number of rotatable bonds is 3. The first kappa shape index (κ1) is 9.50. The Balaban J connectivity index is 1.76. The summed E-state index contributed by atoms with van der Waals surface area (Å²) >= 11 is 0. The number of imidazole rings is 1. The van der Waals surface area contributed by atoms with Crippen LogP contribution in [0.5, 0.6) is 0 Å². The molecular weight excluding hydrogens is 172 g/mol. The van der Waals surface area contributed by atoms with E-state index in [1.807, 2.05) is 18.7 Å². The third-order valence-corrected chi connectivity index (χ3v) is 2.93. The number of aromatic nitrogens is 2. The molecule has 0 amide bonds. The standard InChI is InChI=1S/C12H18N2/c1-2-5-12(6-3-1)7-4-9-14-10-8-13-11-14/h4,7-8,10-12H,1-3,5-6,9H2/b7-4+. The fourth-order valence-corrected chi connectivity index (χ4v) is 2.10. The van der Waals surface area contributed by atoms with Gasteiger partial charge in [-0.1, -0.05) is 31.4 Å². The molecule has 1 aliphatic carbocycles. The van der Waals surface area contributed by atoms with Crippen LogP contribution >= 0.6 is 0 Å². The number of allylic oxidation sites excluding steroid dienone is 2. The summed E-state index contributed by atoms with van der Waals surface area (Å²) in [6.45, 7) is 0.969. The van der Waals surface area contributed by atoms with Crippen molar-refractivity contribution < 1.29 is 0 Å². The van der Waals surface area contributed by atoms with Crippen molar-refractivity contribution in [2.24, 2.45) is 5.92 Å². The van der Waals surface area contributed by atoms with Crippen LogP contribution in [0.25, 0.3) is 0 Å². The lowest BCUT2D eigenvalue weighted by molar-refractivity contribution is 0.418. The van der Waals surface area contributed by atoms with Crippen LogP contribution in [0.4, 0.5) is 0 Å². The molecule has 0 spiro atoms. The van der Waals surface area contributed by atoms with Crippen molar-refractivity contribution in [3.8, 4) is 0 Å². The van der Waals surface area contributed by atoms with Gasteiger partial charge in [0.05, 0.1) is 6.33 Å². The lowest BCUT2D eigenvalue weighted by atomic mass is 9.89. The normalized spacial score (nSPS) is 19.1. The number of nitrogens with zero attached hydrogens (tertiary/aromatic N) is 2. The lowest BCUT2D eigenvalue weighted by Crippen LogP contribution is -2.03. The number of hydrogen-bond acceptors (Lipinski definition) is 1. The summed E-state index contributed by atoms with van der Waals surface area (Å²) in [6, 6.07) is 0. The zero-order valence-electron chi connectivity index (χ0n) is 8.60. The monoisotopic (exact) mass is 190 g/mol. The van der Waals surface area contributed by atoms with Gasteiger partial charge in [0.15, 0.2) is 0 Å². The van der Waals surface area contributed by atoms with Gasteiger partial charge in [-0.05, 0) is 18.8 Å². The van der Waals surface area contributed by atoms with E-state index in [-0.39, 0.29) is 0 Å². The maximum absolute atomic E-state index is 4.02. The van der Waals surface area contributed by atoms with Gasteiger partial charge in [0.2, 0.25) is 0 Å². The van der Waals surface area contributed by atoms with Crippen LogP contribution in [-0.4, -0.2) is 9.55 Å². The molecule has 2 rings (SSSR count). The second kappa shape index (κ2) is 4.99. The zero-order valence-corrected chi connectivity index (χ0v) is 8.60. The highest BCUT2D eigenvalue weighted by Crippen LogP contribution is 2.24. The molecule has 1 saturated carbocycles. The van der Waals surface area contributed by atoms with Gasteiger partial charge in [-0.3, -0.25) is 0 Å². The van der Waals surface area contributed by atoms with Gasteiger partial charge in [-0.2, -0.15) is 0 Å². The molecule has 0 radical (unpaired) electrons. The van der Waals surface area contributed by atoms with E-state index in [1.165, 1.54) is 32.1 Å². The highest BCUT2D eigenvalue weighted by atomic mass is 15.0. The van der Waals surface area contributed by atoms with E-state index in [2.05, 4.69) is 21.7 Å². The molecule has 1 aromatic heterocycles. The van der Waals surface area contributed by atoms with E-state index in [0.29, 0.717) is 0 Å². The fraction of sp³-hybridized carbons (Fsp3) is 0.583. The molecule has 2 nitrogen and oxygen atoms in total. The largest absolute Gasteiger partial charge is 0.334 e. The first-order valence-corrected chi connectivity index (χ1v) is 5.57. The maximum Gasteiger partial charge on any atom is 0.0948 e. The highest BCUT2D eigenvalue weighted by Gasteiger charge is 2.09. The summed E-state index contributed by atoms with van der Waals surface area (Å²) in [7, 11) is 0. The van der Waals surface area contributed by atoms with Crippen molar-refractivity contribution in [3.63, 3.8) is 0 Å². The van der Waals surface area contributed by atoms with Crippen LogP contribution in [0.3, 0.4) is 0 Å². The minimum Gasteiger partial charge on any atom is -0.334 e. The Morgan fingerprint density at radius 2 is 2.14 bits per heavy atom. The molecule has 14 heavy (non-hydrogen) atoms. The Bertz CT molecular complexity index is 269. The summed E-state index contributed by atoms with van der Waals surface area (Å²) in [5.74, 6) is 0.840. The van der Waals surface area contributed by atoms with Crippen LogP contribution < -0.4 is 0 Å². The summed E-state index contributed by atoms with van der Waals surface area (Å²) in [6.07, 6.45) is 17.4. The molecule has 0 saturated heterocycles. The van der Waals surface area contributed by atoms with Gasteiger partial charge in [-0.15, -0.1) is 0 Å². The third-order valence-electron chi connectivity index (χ3n) is 2.93. The van der Waals surface area contributed by atoms with E-state index >= 15 is 0 Å². The van der Waals surface area contributed by atoms with Crippen molar-refractivity contribution in [1.82, 2.24) is 9.55 Å². The minimum atomic E-state index is 0.840. The maximum atomic E-state index is 4.02. The van der Waals surface area contributed by atoms with Crippen LogP contribution in [0.15, 0.2) is 30.9 Å². The van der Waals surface area contributed by atoms with Gasteiger partial charge < -0.3 is 4.57 Å². The number of hydrogen-bond donors (Lipinski definition) is 0. The average molecular weight is 190 g/mol. The van der Waals surface area contributed by atoms with Crippen molar-refractivity contribution in [3.05, 3.63) is 30.9 Å². The van der Waals surface area contributed by atoms with Gasteiger partial charge in [-0.25, -0.2) is 4.98 Å². The minimum absolute atomic E-state index is 0.840. The predicted octanol–water partition coefficient (Wildman–Crippen LogP) is 3.02. The predicted molar refractivity (Wildman–Crippen MR) is 57.9 cm³/mol. The molecule has 0 bridgehead atoms. The van der Waals surface area contributed by atoms with E-state index in [0.717, 1.165) is 12.5 Å². The van der Waals surface area contributed by atoms with Crippen LogP contribution in [0, 0.1) is 5.92 Å². The molecule has 0 aromatic carbocycles. The van der Waals surface area contributed by atoms with Gasteiger partial charge in [0.25, 0.3) is 0 Å². The topological polar surface area (TPSA) is 17.8 Å². The van der Waals surface area contributed by atoms with Crippen molar-refractivity contribution in [2.45, 2.75) is 38.6 Å². The Hall–Kier alpha value is -1.05. The highest BCUT2D eigenvalue weighted by molar-refractivity contribution is 4.91. The fourth-order valence-electron chi connectivity index (χ4n) is 2.10. The zero-order chi connectivity index (χ0) is 9.64. The van der Waals surface area contributed by atoms with Gasteiger partial charge in [0, 0.05) is 18.9 Å². The summed E-state index contributed by atoms with van der Waals surface area (Å²) in [5.41, 5.74) is 0. The van der Waals surface area contributed by atoms with Gasteiger partial charge in [0.1, 0.15) is 0 Å². The first-order valence-electron chi connectivity index (χ1n) is 5.57. The Kier molecular flexibility index (Phi) is 3.39. The van der Waals surface area contributed by atoms with Crippen LogP contribution in [0.2, 0.25) is 0 Å². The van der Waals surface area contributed by atoms with Gasteiger partial charge >= 0.3 is 0 Å². The molecule has 0 N–H and O–H groups in total. The Morgan fingerprint density at radius 3 is 2.86 bits per heavy atom. The molecule has 1 fully saturated rings. The molecule has 0 aliphatic heterocycles. The van der Waals surface area contributed by atoms with E-state index in [4.69, 9.17) is 0 Å². The molecule has 1 aliphatic rings. The Morgan fingerprint density at radius 1 is 1.29 bits per heavy atom. The summed E-state index contributed by atoms with van der Waals surface area (Å²) < 4.78 is 2.10. The van der Waals surface area contributed by atoms with Crippen molar-refractivity contribution in [2.75, 3.05) is 0 Å². The quantitative estimate of drug-likeness (QED) is 0.670. The lowest BCUT2D eigenvalue weighted by Gasteiger charge is -2.17. The molecular formula is C12H18N2. The average Bonchev–Trinajstić information content (AvgIpc) is 2.72. The smallest absolute Gasteiger partial charge is 0.0948 e. The third kappa shape index (κ3) is 2.72. The molecule has 0 atom stereocenters.